The molecule has 0 bridgehead atoms. The Morgan fingerprint density at radius 2 is 1.69 bits per heavy atom. The van der Waals surface area contributed by atoms with Gasteiger partial charge in [-0.1, -0.05) is 12.1 Å². The molecule has 0 radical (unpaired) electrons. The maximum atomic E-state index is 12.3. The number of nitro groups is 1. The van der Waals surface area contributed by atoms with E-state index in [1.54, 1.807) is 11.9 Å². The van der Waals surface area contributed by atoms with Gasteiger partial charge in [-0.05, 0) is 44.2 Å². The normalized spacial score (nSPS) is 10.5. The Kier molecular flexibility index (Phi) is 7.27. The number of likely N-dealkylation sites (N-methyl/N-ethyl adjacent to an activating group) is 1. The van der Waals surface area contributed by atoms with Crippen LogP contribution < -0.4 is 15.4 Å². The monoisotopic (exact) mass is 400 g/mol. The number of nitro benzene ring substituents is 1. The average Bonchev–Trinajstić information content (AvgIpc) is 2.65. The number of amides is 2. The van der Waals surface area contributed by atoms with Crippen molar-refractivity contribution in [3.8, 4) is 5.75 Å². The van der Waals surface area contributed by atoms with Gasteiger partial charge in [-0.3, -0.25) is 24.6 Å². The van der Waals surface area contributed by atoms with E-state index in [-0.39, 0.29) is 36.3 Å². The van der Waals surface area contributed by atoms with Crippen LogP contribution in [0.15, 0.2) is 36.4 Å². The van der Waals surface area contributed by atoms with Gasteiger partial charge in [-0.15, -0.1) is 0 Å². The maximum absolute atomic E-state index is 12.3. The van der Waals surface area contributed by atoms with E-state index in [4.69, 9.17) is 4.74 Å². The van der Waals surface area contributed by atoms with Crippen molar-refractivity contribution >= 4 is 28.9 Å². The highest BCUT2D eigenvalue weighted by Gasteiger charge is 2.16. The molecule has 154 valence electrons. The molecule has 0 aliphatic heterocycles. The Morgan fingerprint density at radius 1 is 1.07 bits per heavy atom. The molecular weight excluding hydrogens is 376 g/mol. The van der Waals surface area contributed by atoms with Crippen LogP contribution in [0.3, 0.4) is 0 Å². The Morgan fingerprint density at radius 3 is 2.28 bits per heavy atom. The van der Waals surface area contributed by atoms with Crippen LogP contribution in [0.2, 0.25) is 0 Å². The van der Waals surface area contributed by atoms with Crippen molar-refractivity contribution in [1.29, 1.82) is 0 Å². The summed E-state index contributed by atoms with van der Waals surface area (Å²) in [7, 11) is 3.01. The zero-order chi connectivity index (χ0) is 21.6. The number of non-ortho nitro benzene ring substituents is 1. The van der Waals surface area contributed by atoms with Gasteiger partial charge in [0.2, 0.25) is 11.8 Å². The highest BCUT2D eigenvalue weighted by atomic mass is 16.6. The third-order valence-electron chi connectivity index (χ3n) is 4.38. The predicted molar refractivity (Wildman–Crippen MR) is 110 cm³/mol. The molecule has 0 saturated heterocycles. The molecule has 0 aliphatic carbocycles. The highest BCUT2D eigenvalue weighted by Crippen LogP contribution is 2.28. The van der Waals surface area contributed by atoms with Crippen LogP contribution in [-0.2, 0) is 9.59 Å². The fourth-order valence-corrected chi connectivity index (χ4v) is 2.71. The zero-order valence-corrected chi connectivity index (χ0v) is 16.8. The summed E-state index contributed by atoms with van der Waals surface area (Å²) in [5.41, 5.74) is 2.99. The standard InChI is InChI=1S/C20H24N4O5/c1-13-6-5-7-16(14(13)2)21-19(25)11-23(3)12-20(26)22-17-9-8-15(24(27)28)10-18(17)29-4/h5-10H,11-12H2,1-4H3,(H,21,25)(H,22,26). The summed E-state index contributed by atoms with van der Waals surface area (Å²) in [5.74, 6) is -0.427. The predicted octanol–water partition coefficient (Wildman–Crippen LogP) is 2.73. The van der Waals surface area contributed by atoms with Crippen molar-refractivity contribution in [1.82, 2.24) is 4.90 Å². The number of benzene rings is 2. The molecule has 2 amide bonds. The van der Waals surface area contributed by atoms with Crippen molar-refractivity contribution in [3.63, 3.8) is 0 Å². The van der Waals surface area contributed by atoms with Gasteiger partial charge in [0.05, 0.1) is 36.9 Å². The molecule has 9 heteroatoms. The number of aryl methyl sites for hydroxylation is 1. The second-order valence-electron chi connectivity index (χ2n) is 6.66. The van der Waals surface area contributed by atoms with E-state index >= 15 is 0 Å². The number of hydrogen-bond acceptors (Lipinski definition) is 6. The van der Waals surface area contributed by atoms with Crippen LogP contribution in [0.4, 0.5) is 17.1 Å². The minimum Gasteiger partial charge on any atom is -0.494 e. The minimum atomic E-state index is -0.545. The van der Waals surface area contributed by atoms with Crippen molar-refractivity contribution in [2.24, 2.45) is 0 Å². The third-order valence-corrected chi connectivity index (χ3v) is 4.38. The number of rotatable bonds is 8. The van der Waals surface area contributed by atoms with Gasteiger partial charge in [0, 0.05) is 11.8 Å². The average molecular weight is 400 g/mol. The summed E-state index contributed by atoms with van der Waals surface area (Å²) >= 11 is 0. The smallest absolute Gasteiger partial charge is 0.273 e. The number of nitrogens with one attached hydrogen (secondary N) is 2. The fourth-order valence-electron chi connectivity index (χ4n) is 2.71. The summed E-state index contributed by atoms with van der Waals surface area (Å²) in [6, 6.07) is 9.58. The molecule has 2 aromatic carbocycles. The first-order chi connectivity index (χ1) is 13.7. The van der Waals surface area contributed by atoms with Crippen LogP contribution in [0, 0.1) is 24.0 Å². The van der Waals surface area contributed by atoms with Gasteiger partial charge in [0.15, 0.2) is 0 Å². The van der Waals surface area contributed by atoms with Gasteiger partial charge in [-0.25, -0.2) is 0 Å². The van der Waals surface area contributed by atoms with Gasteiger partial charge in [-0.2, -0.15) is 0 Å². The van der Waals surface area contributed by atoms with Crippen molar-refractivity contribution in [2.45, 2.75) is 13.8 Å². The Labute approximate surface area is 168 Å². The Bertz CT molecular complexity index is 929. The van der Waals surface area contributed by atoms with E-state index in [9.17, 15) is 19.7 Å². The summed E-state index contributed by atoms with van der Waals surface area (Å²) in [6.07, 6.45) is 0. The maximum Gasteiger partial charge on any atom is 0.273 e. The molecule has 9 nitrogen and oxygen atoms in total. The minimum absolute atomic E-state index is 0.0260. The molecule has 0 atom stereocenters. The van der Waals surface area contributed by atoms with Gasteiger partial charge in [0.25, 0.3) is 5.69 Å². The lowest BCUT2D eigenvalue weighted by atomic mass is 10.1. The summed E-state index contributed by atoms with van der Waals surface area (Å²) in [4.78, 5) is 36.4. The number of carbonyl (C=O) groups is 2. The van der Waals surface area contributed by atoms with E-state index in [0.29, 0.717) is 5.69 Å². The molecule has 2 rings (SSSR count). The lowest BCUT2D eigenvalue weighted by Crippen LogP contribution is -2.36. The molecular formula is C20H24N4O5. The van der Waals surface area contributed by atoms with Crippen LogP contribution in [-0.4, -0.2) is 48.9 Å². The van der Waals surface area contributed by atoms with E-state index in [1.807, 2.05) is 32.0 Å². The molecule has 0 aliphatic rings. The number of ether oxygens (including phenoxy) is 1. The molecule has 0 spiro atoms. The molecule has 0 fully saturated rings. The van der Waals surface area contributed by atoms with Gasteiger partial charge in [0.1, 0.15) is 5.75 Å². The molecule has 0 saturated carbocycles. The summed E-state index contributed by atoms with van der Waals surface area (Å²) in [5, 5.41) is 16.3. The lowest BCUT2D eigenvalue weighted by Gasteiger charge is -2.17. The zero-order valence-electron chi connectivity index (χ0n) is 16.8. The van der Waals surface area contributed by atoms with E-state index < -0.39 is 4.92 Å². The van der Waals surface area contributed by atoms with Crippen LogP contribution in [0.25, 0.3) is 0 Å². The molecule has 0 heterocycles. The summed E-state index contributed by atoms with van der Waals surface area (Å²) < 4.78 is 5.10. The quantitative estimate of drug-likeness (QED) is 0.520. The van der Waals surface area contributed by atoms with Crippen LogP contribution in [0.1, 0.15) is 11.1 Å². The van der Waals surface area contributed by atoms with Crippen molar-refractivity contribution in [2.75, 3.05) is 37.9 Å². The number of hydrogen-bond donors (Lipinski definition) is 2. The molecule has 2 N–H and O–H groups in total. The Balaban J connectivity index is 1.92. The van der Waals surface area contributed by atoms with Gasteiger partial charge < -0.3 is 15.4 Å². The second kappa shape index (κ2) is 9.65. The SMILES string of the molecule is COc1cc([N+](=O)[O-])ccc1NC(=O)CN(C)CC(=O)Nc1cccc(C)c1C. The number of carbonyl (C=O) groups excluding carboxylic acids is 2. The molecule has 29 heavy (non-hydrogen) atoms. The second-order valence-corrected chi connectivity index (χ2v) is 6.66. The lowest BCUT2D eigenvalue weighted by molar-refractivity contribution is -0.384. The highest BCUT2D eigenvalue weighted by molar-refractivity contribution is 5.95. The topological polar surface area (TPSA) is 114 Å². The summed E-state index contributed by atoms with van der Waals surface area (Å²) in [6.45, 7) is 3.88. The van der Waals surface area contributed by atoms with E-state index in [2.05, 4.69) is 10.6 Å². The molecule has 2 aromatic rings. The number of methoxy groups -OCH3 is 1. The first kappa shape index (κ1) is 21.8. The van der Waals surface area contributed by atoms with Crippen molar-refractivity contribution in [3.05, 3.63) is 57.6 Å². The number of anilines is 2. The largest absolute Gasteiger partial charge is 0.494 e. The fraction of sp³-hybridized carbons (Fsp3) is 0.300. The number of nitrogens with zero attached hydrogens (tertiary/aromatic N) is 2. The first-order valence-electron chi connectivity index (χ1n) is 8.88. The van der Waals surface area contributed by atoms with Gasteiger partial charge >= 0.3 is 0 Å². The van der Waals surface area contributed by atoms with Crippen molar-refractivity contribution < 1.29 is 19.2 Å². The van der Waals surface area contributed by atoms with Crippen LogP contribution >= 0.6 is 0 Å². The first-order valence-corrected chi connectivity index (χ1v) is 8.88. The molecule has 0 aromatic heterocycles. The van der Waals surface area contributed by atoms with Crippen LogP contribution in [0.5, 0.6) is 5.75 Å². The molecule has 0 unspecified atom stereocenters. The third kappa shape index (κ3) is 6.01. The van der Waals surface area contributed by atoms with E-state index in [0.717, 1.165) is 16.8 Å². The van der Waals surface area contributed by atoms with E-state index in [1.165, 1.54) is 25.3 Å². The Hall–Kier alpha value is -3.46.